The van der Waals surface area contributed by atoms with Crippen molar-refractivity contribution in [3.05, 3.63) is 11.8 Å². The van der Waals surface area contributed by atoms with Gasteiger partial charge in [-0.2, -0.15) is 0 Å². The second-order valence-corrected chi connectivity index (χ2v) is 9.24. The Morgan fingerprint density at radius 1 is 1.03 bits per heavy atom. The third kappa shape index (κ3) is 7.55. The molecule has 2 unspecified atom stereocenters. The smallest absolute Gasteiger partial charge is 0.199 e. The van der Waals surface area contributed by atoms with Gasteiger partial charge < -0.3 is 28.8 Å². The van der Waals surface area contributed by atoms with E-state index in [-0.39, 0.29) is 30.5 Å². The maximum atomic E-state index is 11.4. The van der Waals surface area contributed by atoms with E-state index >= 15 is 0 Å². The largest absolute Gasteiger partial charge is 0.469 e. The molecule has 3 aliphatic rings. The summed E-state index contributed by atoms with van der Waals surface area (Å²) < 4.78 is 24.5. The second-order valence-electron chi connectivity index (χ2n) is 9.24. The lowest BCUT2D eigenvalue weighted by Gasteiger charge is -2.33. The first-order chi connectivity index (χ1) is 15.2. The van der Waals surface area contributed by atoms with Crippen LogP contribution in [0.2, 0.25) is 0 Å². The number of allylic oxidation sites excluding steroid dienone is 1. The Morgan fingerprint density at radius 2 is 1.77 bits per heavy atom. The Balaban J connectivity index is 1.76. The van der Waals surface area contributed by atoms with Crippen LogP contribution in [0.4, 0.5) is 0 Å². The summed E-state index contributed by atoms with van der Waals surface area (Å²) in [6.07, 6.45) is 14.3. The number of unbranched alkanes of at least 4 members (excludes halogenated alkanes) is 4. The highest BCUT2D eigenvalue weighted by Crippen LogP contribution is 2.43. The van der Waals surface area contributed by atoms with Gasteiger partial charge in [-0.05, 0) is 51.0 Å². The van der Waals surface area contributed by atoms with E-state index in [1.54, 1.807) is 0 Å². The molecule has 1 aliphatic carbocycles. The number of aliphatic hydroxyl groups is 1. The van der Waals surface area contributed by atoms with E-state index in [1.165, 1.54) is 19.3 Å². The van der Waals surface area contributed by atoms with Crippen LogP contribution >= 0.6 is 0 Å². The Bertz CT molecular complexity index is 538. The van der Waals surface area contributed by atoms with E-state index in [4.69, 9.17) is 18.9 Å². The maximum absolute atomic E-state index is 11.4. The molecule has 0 radical (unpaired) electrons. The molecule has 2 heterocycles. The summed E-state index contributed by atoms with van der Waals surface area (Å²) in [6, 6.07) is 0. The number of hydrogen-bond donors (Lipinski definition) is 1. The molecule has 0 aromatic carbocycles. The van der Waals surface area contributed by atoms with Crippen LogP contribution in [0.25, 0.3) is 0 Å². The van der Waals surface area contributed by atoms with Crippen molar-refractivity contribution in [2.24, 2.45) is 11.8 Å². The first-order valence-corrected chi connectivity index (χ1v) is 12.6. The van der Waals surface area contributed by atoms with Gasteiger partial charge in [-0.3, -0.25) is 0 Å². The summed E-state index contributed by atoms with van der Waals surface area (Å²) in [7, 11) is 0. The average Bonchev–Trinajstić information content (AvgIpc) is 3.09. The molecule has 3 rings (SSSR count). The fourth-order valence-electron chi connectivity index (χ4n) is 5.07. The molecule has 0 aromatic heterocycles. The van der Waals surface area contributed by atoms with Crippen LogP contribution in [-0.4, -0.2) is 49.4 Å². The first kappa shape index (κ1) is 24.7. The summed E-state index contributed by atoms with van der Waals surface area (Å²) in [6.45, 7) is 3.65. The molecule has 2 aliphatic heterocycles. The number of aldehydes is 1. The van der Waals surface area contributed by atoms with Crippen molar-refractivity contribution in [1.29, 1.82) is 0 Å². The van der Waals surface area contributed by atoms with Crippen molar-refractivity contribution in [3.8, 4) is 0 Å². The monoisotopic (exact) mass is 438 g/mol. The van der Waals surface area contributed by atoms with Crippen LogP contribution in [0.1, 0.15) is 90.4 Å². The molecule has 0 aromatic rings. The molecule has 0 spiro atoms. The highest BCUT2D eigenvalue weighted by molar-refractivity contribution is 5.50. The SMILES string of the molecule is CCCCCCC=C(OC1CCCCO1)[C@@H]1[C@@H](CC=O)[C@H](O)C[C@@H]1OC1CCCCO1. The van der Waals surface area contributed by atoms with Crippen LogP contribution in [0.15, 0.2) is 11.8 Å². The zero-order chi connectivity index (χ0) is 21.9. The van der Waals surface area contributed by atoms with Crippen molar-refractivity contribution < 1.29 is 28.8 Å². The zero-order valence-corrected chi connectivity index (χ0v) is 19.2. The maximum Gasteiger partial charge on any atom is 0.199 e. The molecule has 6 atom stereocenters. The number of hydrogen-bond acceptors (Lipinski definition) is 6. The van der Waals surface area contributed by atoms with Crippen LogP contribution in [0, 0.1) is 11.8 Å². The number of aliphatic hydroxyl groups excluding tert-OH is 1. The van der Waals surface area contributed by atoms with Gasteiger partial charge in [0, 0.05) is 37.7 Å². The molecule has 0 bridgehead atoms. The lowest BCUT2D eigenvalue weighted by Crippen LogP contribution is -2.34. The quantitative estimate of drug-likeness (QED) is 0.266. The van der Waals surface area contributed by atoms with Crippen LogP contribution < -0.4 is 0 Å². The van der Waals surface area contributed by atoms with Gasteiger partial charge in [0.1, 0.15) is 12.0 Å². The Kier molecular flexibility index (Phi) is 10.8. The number of carbonyl (C=O) groups is 1. The van der Waals surface area contributed by atoms with Gasteiger partial charge in [-0.1, -0.05) is 26.2 Å². The molecule has 3 fully saturated rings. The van der Waals surface area contributed by atoms with E-state index in [0.717, 1.165) is 76.6 Å². The van der Waals surface area contributed by atoms with Gasteiger partial charge in [0.2, 0.25) is 0 Å². The highest BCUT2D eigenvalue weighted by Gasteiger charge is 2.47. The fraction of sp³-hybridized carbons (Fsp3) is 0.880. The van der Waals surface area contributed by atoms with E-state index in [1.807, 2.05) is 0 Å². The predicted octanol–water partition coefficient (Wildman–Crippen LogP) is 4.88. The van der Waals surface area contributed by atoms with E-state index in [2.05, 4.69) is 13.0 Å². The average molecular weight is 439 g/mol. The minimum atomic E-state index is -0.580. The predicted molar refractivity (Wildman–Crippen MR) is 118 cm³/mol. The lowest BCUT2D eigenvalue weighted by molar-refractivity contribution is -0.201. The molecule has 178 valence electrons. The van der Waals surface area contributed by atoms with Gasteiger partial charge in [0.05, 0.1) is 18.8 Å². The number of rotatable bonds is 12. The standard InChI is InChI=1S/C25H42O6/c1-2-3-4-5-6-11-21(30-23-12-7-9-16-28-23)25-19(14-15-26)20(27)18-22(25)31-24-13-8-10-17-29-24/h11,15,19-20,22-25,27H,2-10,12-14,16-18H2,1H3/t19-,20+,22-,23?,24?,25-/m0/s1. The molecule has 0 amide bonds. The van der Waals surface area contributed by atoms with Crippen LogP contribution in [0.3, 0.4) is 0 Å². The molecule has 6 nitrogen and oxygen atoms in total. The Hall–Kier alpha value is -0.950. The summed E-state index contributed by atoms with van der Waals surface area (Å²) in [5, 5.41) is 10.8. The lowest BCUT2D eigenvalue weighted by atomic mass is 9.88. The van der Waals surface area contributed by atoms with Crippen molar-refractivity contribution >= 4 is 6.29 Å². The molecule has 6 heteroatoms. The topological polar surface area (TPSA) is 74.2 Å². The van der Waals surface area contributed by atoms with Crippen LogP contribution in [-0.2, 0) is 23.7 Å². The van der Waals surface area contributed by atoms with E-state index < -0.39 is 6.10 Å². The minimum Gasteiger partial charge on any atom is -0.469 e. The van der Waals surface area contributed by atoms with E-state index in [0.29, 0.717) is 12.8 Å². The highest BCUT2D eigenvalue weighted by atomic mass is 16.7. The fourth-order valence-corrected chi connectivity index (χ4v) is 5.07. The normalized spacial score (nSPS) is 34.6. The number of carbonyl (C=O) groups excluding carboxylic acids is 1. The summed E-state index contributed by atoms with van der Waals surface area (Å²) in [5.41, 5.74) is 0. The third-order valence-electron chi connectivity index (χ3n) is 6.80. The Labute approximate surface area is 187 Å². The van der Waals surface area contributed by atoms with Gasteiger partial charge in [0.25, 0.3) is 0 Å². The minimum absolute atomic E-state index is 0.151. The number of ether oxygens (including phenoxy) is 4. The summed E-state index contributed by atoms with van der Waals surface area (Å²) in [5.74, 6) is 0.492. The van der Waals surface area contributed by atoms with Gasteiger partial charge >= 0.3 is 0 Å². The van der Waals surface area contributed by atoms with Crippen molar-refractivity contribution in [3.63, 3.8) is 0 Å². The first-order valence-electron chi connectivity index (χ1n) is 12.6. The molecule has 2 saturated heterocycles. The molecular weight excluding hydrogens is 396 g/mol. The molecular formula is C25H42O6. The van der Waals surface area contributed by atoms with Gasteiger partial charge in [0.15, 0.2) is 12.6 Å². The zero-order valence-electron chi connectivity index (χ0n) is 19.2. The molecule has 31 heavy (non-hydrogen) atoms. The van der Waals surface area contributed by atoms with Gasteiger partial charge in [-0.25, -0.2) is 0 Å². The van der Waals surface area contributed by atoms with Crippen molar-refractivity contribution in [2.75, 3.05) is 13.2 Å². The van der Waals surface area contributed by atoms with E-state index in [9.17, 15) is 9.90 Å². The van der Waals surface area contributed by atoms with Gasteiger partial charge in [-0.15, -0.1) is 0 Å². The van der Waals surface area contributed by atoms with Crippen molar-refractivity contribution in [1.82, 2.24) is 0 Å². The van der Waals surface area contributed by atoms with Crippen LogP contribution in [0.5, 0.6) is 0 Å². The van der Waals surface area contributed by atoms with Crippen molar-refractivity contribution in [2.45, 2.75) is 115 Å². The molecule has 1 saturated carbocycles. The second kappa shape index (κ2) is 13.6. The molecule has 1 N–H and O–H groups in total. The summed E-state index contributed by atoms with van der Waals surface area (Å²) >= 11 is 0. The summed E-state index contributed by atoms with van der Waals surface area (Å²) in [4.78, 5) is 11.4. The third-order valence-corrected chi connectivity index (χ3v) is 6.80. The Morgan fingerprint density at radius 3 is 2.42 bits per heavy atom.